The first-order valence-corrected chi connectivity index (χ1v) is 4.73. The van der Waals surface area contributed by atoms with Gasteiger partial charge in [-0.1, -0.05) is 6.92 Å². The van der Waals surface area contributed by atoms with E-state index in [1.54, 1.807) is 0 Å². The lowest BCUT2D eigenvalue weighted by atomic mass is 10.1. The summed E-state index contributed by atoms with van der Waals surface area (Å²) in [5.74, 6) is -14.7. The van der Waals surface area contributed by atoms with Crippen molar-refractivity contribution in [3.8, 4) is 0 Å². The average Bonchev–Trinajstić information content (AvgIpc) is 2.14. The third kappa shape index (κ3) is 3.86. The van der Waals surface area contributed by atoms with Gasteiger partial charge in [-0.25, -0.2) is 4.79 Å². The Labute approximate surface area is 94.6 Å². The molecule has 0 aliphatic carbocycles. The lowest BCUT2D eigenvalue weighted by Gasteiger charge is -2.24. The summed E-state index contributed by atoms with van der Waals surface area (Å²) in [5, 5.41) is 8.06. The third-order valence-electron chi connectivity index (χ3n) is 1.97. The van der Waals surface area contributed by atoms with Gasteiger partial charge in [-0.15, -0.1) is 0 Å². The number of hydrogen-bond donors (Lipinski definition) is 1. The minimum Gasteiger partial charge on any atom is -0.481 e. The molecule has 0 saturated carbocycles. The monoisotopic (exact) mass is 260 g/mol. The molecule has 1 atom stereocenters. The Morgan fingerprint density at radius 2 is 1.76 bits per heavy atom. The molecule has 0 aromatic carbocycles. The number of halogens is 4. The summed E-state index contributed by atoms with van der Waals surface area (Å²) in [6.45, 7) is 2.76. The molecule has 0 heterocycles. The number of carbonyl (C=O) groups is 2. The van der Waals surface area contributed by atoms with Crippen molar-refractivity contribution in [1.29, 1.82) is 0 Å². The maximum atomic E-state index is 13.0. The molecule has 100 valence electrons. The minimum absolute atomic E-state index is 0.173. The summed E-state index contributed by atoms with van der Waals surface area (Å²) in [4.78, 5) is 20.8. The molecule has 0 aliphatic heterocycles. The molecular weight excluding hydrogens is 248 g/mol. The number of ether oxygens (including phenoxy) is 1. The standard InChI is InChI=1S/C9H12F4O4/c1-3-5(2)17-7(16)9(12,13)8(10,11)4-6(14)15/h5H,3-4H2,1-2H3,(H,14,15). The highest BCUT2D eigenvalue weighted by Gasteiger charge is 2.64. The fourth-order valence-corrected chi connectivity index (χ4v) is 0.790. The van der Waals surface area contributed by atoms with Crippen molar-refractivity contribution in [3.05, 3.63) is 0 Å². The van der Waals surface area contributed by atoms with Crippen LogP contribution in [0.25, 0.3) is 0 Å². The van der Waals surface area contributed by atoms with Gasteiger partial charge in [-0.3, -0.25) is 4.79 Å². The highest BCUT2D eigenvalue weighted by atomic mass is 19.3. The SMILES string of the molecule is CCC(C)OC(=O)C(F)(F)C(F)(F)CC(=O)O. The molecule has 8 heteroatoms. The zero-order valence-electron chi connectivity index (χ0n) is 9.18. The van der Waals surface area contributed by atoms with Crippen LogP contribution in [0.1, 0.15) is 26.7 Å². The van der Waals surface area contributed by atoms with E-state index in [0.717, 1.165) is 0 Å². The van der Waals surface area contributed by atoms with E-state index in [1.807, 2.05) is 0 Å². The largest absolute Gasteiger partial charge is 0.481 e. The third-order valence-corrected chi connectivity index (χ3v) is 1.97. The number of carboxylic acids is 1. The molecule has 0 rings (SSSR count). The topological polar surface area (TPSA) is 63.6 Å². The predicted octanol–water partition coefficient (Wildman–Crippen LogP) is 2.07. The van der Waals surface area contributed by atoms with Crippen molar-refractivity contribution in [3.63, 3.8) is 0 Å². The van der Waals surface area contributed by atoms with Crippen molar-refractivity contribution in [2.24, 2.45) is 0 Å². The Morgan fingerprint density at radius 1 is 1.29 bits per heavy atom. The van der Waals surface area contributed by atoms with Crippen LogP contribution in [0.5, 0.6) is 0 Å². The molecule has 4 nitrogen and oxygen atoms in total. The van der Waals surface area contributed by atoms with E-state index >= 15 is 0 Å². The van der Waals surface area contributed by atoms with Crippen LogP contribution < -0.4 is 0 Å². The maximum Gasteiger partial charge on any atom is 0.405 e. The molecule has 0 bridgehead atoms. The zero-order chi connectivity index (χ0) is 13.9. The summed E-state index contributed by atoms with van der Waals surface area (Å²) in [6.07, 6.45) is -2.92. The van der Waals surface area contributed by atoms with E-state index in [2.05, 4.69) is 4.74 Å². The van der Waals surface area contributed by atoms with Gasteiger partial charge >= 0.3 is 23.8 Å². The number of carboxylic acid groups (broad SMARTS) is 1. The lowest BCUT2D eigenvalue weighted by molar-refractivity contribution is -0.233. The Hall–Kier alpha value is -1.34. The normalized spacial score (nSPS) is 14.2. The second-order valence-electron chi connectivity index (χ2n) is 3.47. The number of rotatable bonds is 6. The summed E-state index contributed by atoms with van der Waals surface area (Å²) in [6, 6.07) is 0. The Balaban J connectivity index is 4.85. The maximum absolute atomic E-state index is 13.0. The van der Waals surface area contributed by atoms with Crippen LogP contribution in [-0.2, 0) is 14.3 Å². The lowest BCUT2D eigenvalue weighted by Crippen LogP contribution is -2.49. The van der Waals surface area contributed by atoms with Crippen LogP contribution in [-0.4, -0.2) is 35.0 Å². The average molecular weight is 260 g/mol. The second kappa shape index (κ2) is 5.33. The van der Waals surface area contributed by atoms with E-state index in [4.69, 9.17) is 5.11 Å². The van der Waals surface area contributed by atoms with Crippen LogP contribution in [0, 0.1) is 0 Å². The Bertz CT molecular complexity index is 303. The number of hydrogen-bond acceptors (Lipinski definition) is 3. The van der Waals surface area contributed by atoms with Gasteiger partial charge in [0.15, 0.2) is 0 Å². The molecular formula is C9H12F4O4. The number of carbonyl (C=O) groups excluding carboxylic acids is 1. The molecule has 0 aromatic rings. The first-order chi connectivity index (χ1) is 7.54. The molecule has 1 N–H and O–H groups in total. The van der Waals surface area contributed by atoms with Gasteiger partial charge in [0.25, 0.3) is 0 Å². The summed E-state index contributed by atoms with van der Waals surface area (Å²) in [5.41, 5.74) is 0. The summed E-state index contributed by atoms with van der Waals surface area (Å²) < 4.78 is 55.6. The quantitative estimate of drug-likeness (QED) is 0.586. The van der Waals surface area contributed by atoms with E-state index in [0.29, 0.717) is 0 Å². The van der Waals surface area contributed by atoms with Crippen LogP contribution in [0.2, 0.25) is 0 Å². The molecule has 0 fully saturated rings. The van der Waals surface area contributed by atoms with E-state index in [1.165, 1.54) is 13.8 Å². The first kappa shape index (κ1) is 15.7. The van der Waals surface area contributed by atoms with Crippen LogP contribution in [0.15, 0.2) is 0 Å². The molecule has 0 aliphatic rings. The highest BCUT2D eigenvalue weighted by Crippen LogP contribution is 2.38. The van der Waals surface area contributed by atoms with Crippen molar-refractivity contribution < 1.29 is 37.0 Å². The van der Waals surface area contributed by atoms with Crippen LogP contribution in [0.4, 0.5) is 17.6 Å². The van der Waals surface area contributed by atoms with Gasteiger partial charge in [0.05, 0.1) is 6.10 Å². The van der Waals surface area contributed by atoms with Crippen LogP contribution >= 0.6 is 0 Å². The Kier molecular flexibility index (Phi) is 4.91. The van der Waals surface area contributed by atoms with E-state index in [-0.39, 0.29) is 6.42 Å². The Morgan fingerprint density at radius 3 is 2.12 bits per heavy atom. The van der Waals surface area contributed by atoms with Crippen molar-refractivity contribution in [2.75, 3.05) is 0 Å². The summed E-state index contributed by atoms with van der Waals surface area (Å²) in [7, 11) is 0. The van der Waals surface area contributed by atoms with Gasteiger partial charge in [0.2, 0.25) is 0 Å². The minimum atomic E-state index is -5.16. The highest BCUT2D eigenvalue weighted by molar-refractivity contribution is 5.80. The second-order valence-corrected chi connectivity index (χ2v) is 3.47. The zero-order valence-corrected chi connectivity index (χ0v) is 9.18. The van der Waals surface area contributed by atoms with E-state index < -0.39 is 36.3 Å². The van der Waals surface area contributed by atoms with Crippen LogP contribution in [0.3, 0.4) is 0 Å². The smallest absolute Gasteiger partial charge is 0.405 e. The number of alkyl halides is 4. The van der Waals surface area contributed by atoms with Gasteiger partial charge in [0, 0.05) is 0 Å². The van der Waals surface area contributed by atoms with E-state index in [9.17, 15) is 27.2 Å². The molecule has 0 saturated heterocycles. The summed E-state index contributed by atoms with van der Waals surface area (Å²) >= 11 is 0. The van der Waals surface area contributed by atoms with Gasteiger partial charge in [-0.2, -0.15) is 17.6 Å². The number of esters is 1. The fourth-order valence-electron chi connectivity index (χ4n) is 0.790. The molecule has 0 aromatic heterocycles. The molecule has 0 radical (unpaired) electrons. The fraction of sp³-hybridized carbons (Fsp3) is 0.778. The molecule has 1 unspecified atom stereocenters. The number of aliphatic carboxylic acids is 1. The first-order valence-electron chi connectivity index (χ1n) is 4.73. The van der Waals surface area contributed by atoms with Gasteiger partial charge < -0.3 is 9.84 Å². The van der Waals surface area contributed by atoms with Crippen molar-refractivity contribution in [2.45, 2.75) is 44.6 Å². The molecule has 17 heavy (non-hydrogen) atoms. The van der Waals surface area contributed by atoms with Gasteiger partial charge in [-0.05, 0) is 13.3 Å². The molecule has 0 amide bonds. The predicted molar refractivity (Wildman–Crippen MR) is 48.0 cm³/mol. The van der Waals surface area contributed by atoms with Gasteiger partial charge in [0.1, 0.15) is 6.42 Å². The van der Waals surface area contributed by atoms with Crippen molar-refractivity contribution >= 4 is 11.9 Å². The molecule has 0 spiro atoms. The van der Waals surface area contributed by atoms with Crippen molar-refractivity contribution in [1.82, 2.24) is 0 Å².